The zero-order chi connectivity index (χ0) is 21.2. The van der Waals surface area contributed by atoms with E-state index in [-0.39, 0.29) is 12.5 Å². The second-order valence-corrected chi connectivity index (χ2v) is 7.80. The number of hydrogen-bond donors (Lipinski definition) is 1. The first kappa shape index (κ1) is 22.1. The minimum atomic E-state index is -0.555. The highest BCUT2D eigenvalue weighted by atomic mass is 16.5. The first-order chi connectivity index (χ1) is 14.6. The summed E-state index contributed by atoms with van der Waals surface area (Å²) in [5.74, 6) is 1.87. The van der Waals surface area contributed by atoms with Gasteiger partial charge in [0.2, 0.25) is 5.91 Å². The molecule has 0 aliphatic carbocycles. The summed E-state index contributed by atoms with van der Waals surface area (Å²) in [5, 5.41) is 10.2. The van der Waals surface area contributed by atoms with Crippen LogP contribution in [0.5, 0.6) is 11.5 Å². The van der Waals surface area contributed by atoms with Crippen molar-refractivity contribution in [2.45, 2.75) is 31.9 Å². The van der Waals surface area contributed by atoms with Crippen LogP contribution in [0.2, 0.25) is 0 Å². The topological polar surface area (TPSA) is 62.2 Å². The summed E-state index contributed by atoms with van der Waals surface area (Å²) in [6.45, 7) is 3.80. The molecule has 162 valence electrons. The number of para-hydroxylation sites is 1. The average molecular weight is 413 g/mol. The van der Waals surface area contributed by atoms with Crippen LogP contribution in [0.3, 0.4) is 0 Å². The van der Waals surface area contributed by atoms with Crippen LogP contribution < -0.4 is 9.47 Å². The molecule has 6 nitrogen and oxygen atoms in total. The molecular formula is C24H32N2O4. The number of nitrogens with zero attached hydrogens (tertiary/aromatic N) is 2. The van der Waals surface area contributed by atoms with Crippen molar-refractivity contribution in [3.8, 4) is 11.5 Å². The summed E-state index contributed by atoms with van der Waals surface area (Å²) in [6.07, 6.45) is 1.96. The lowest BCUT2D eigenvalue weighted by atomic mass is 10.2. The maximum Gasteiger partial charge on any atom is 0.222 e. The number of rotatable bonds is 12. The Labute approximate surface area is 179 Å². The van der Waals surface area contributed by atoms with Crippen LogP contribution >= 0.6 is 0 Å². The molecule has 30 heavy (non-hydrogen) atoms. The largest absolute Gasteiger partial charge is 0.494 e. The highest BCUT2D eigenvalue weighted by molar-refractivity contribution is 5.77. The molecule has 1 aliphatic heterocycles. The molecule has 0 saturated carbocycles. The summed E-state index contributed by atoms with van der Waals surface area (Å²) in [4.78, 5) is 15.6. The number of hydrogen-bond acceptors (Lipinski definition) is 5. The van der Waals surface area contributed by atoms with Gasteiger partial charge in [-0.25, -0.2) is 0 Å². The number of carbonyl (C=O) groups excluding carboxylic acids is 1. The monoisotopic (exact) mass is 412 g/mol. The number of likely N-dealkylation sites (tertiary alicyclic amines) is 1. The molecule has 6 heteroatoms. The lowest BCUT2D eigenvalue weighted by Gasteiger charge is -2.21. The van der Waals surface area contributed by atoms with Crippen molar-refractivity contribution in [2.75, 3.05) is 39.9 Å². The molecule has 0 radical (unpaired) electrons. The molecule has 0 bridgehead atoms. The first-order valence-electron chi connectivity index (χ1n) is 10.6. The minimum absolute atomic E-state index is 0.264. The van der Waals surface area contributed by atoms with E-state index < -0.39 is 6.10 Å². The third-order valence-electron chi connectivity index (χ3n) is 5.10. The smallest absolute Gasteiger partial charge is 0.222 e. The molecule has 3 rings (SSSR count). The highest BCUT2D eigenvalue weighted by Crippen LogP contribution is 2.15. The van der Waals surface area contributed by atoms with E-state index in [4.69, 9.17) is 9.47 Å². The molecule has 2 aromatic rings. The summed E-state index contributed by atoms with van der Waals surface area (Å²) in [7, 11) is 1.98. The maximum absolute atomic E-state index is 11.6. The SMILES string of the molecule is CN(Cc1ccc(OCCCN2CCCC2=O)cc1)C[C@@H](O)COc1ccccc1. The molecule has 0 spiro atoms. The molecular weight excluding hydrogens is 380 g/mol. The number of aliphatic hydroxyl groups excluding tert-OH is 1. The minimum Gasteiger partial charge on any atom is -0.494 e. The molecule has 1 heterocycles. The quantitative estimate of drug-likeness (QED) is 0.543. The van der Waals surface area contributed by atoms with Gasteiger partial charge in [-0.2, -0.15) is 0 Å². The van der Waals surface area contributed by atoms with Crippen molar-refractivity contribution in [2.24, 2.45) is 0 Å². The number of carbonyl (C=O) groups is 1. The Kier molecular flexibility index (Phi) is 8.53. The number of amides is 1. The average Bonchev–Trinajstić information content (AvgIpc) is 3.16. The summed E-state index contributed by atoms with van der Waals surface area (Å²) < 4.78 is 11.4. The van der Waals surface area contributed by atoms with E-state index in [1.165, 1.54) is 0 Å². The second kappa shape index (κ2) is 11.6. The summed E-state index contributed by atoms with van der Waals surface area (Å²) in [6, 6.07) is 17.6. The standard InChI is InChI=1S/C24H32N2O4/c1-25(18-21(27)19-30-22-7-3-2-4-8-22)17-20-10-12-23(13-11-20)29-16-6-15-26-14-5-9-24(26)28/h2-4,7-8,10-13,21,27H,5-6,9,14-19H2,1H3/t21-/m1/s1. The fraction of sp³-hybridized carbons (Fsp3) is 0.458. The highest BCUT2D eigenvalue weighted by Gasteiger charge is 2.19. The van der Waals surface area contributed by atoms with E-state index in [1.807, 2.05) is 66.5 Å². The molecule has 2 aromatic carbocycles. The number of aliphatic hydroxyl groups is 1. The van der Waals surface area contributed by atoms with E-state index in [9.17, 15) is 9.90 Å². The van der Waals surface area contributed by atoms with Gasteiger partial charge in [0.25, 0.3) is 0 Å². The van der Waals surface area contributed by atoms with Crippen LogP contribution in [0.1, 0.15) is 24.8 Å². The first-order valence-corrected chi connectivity index (χ1v) is 10.6. The van der Waals surface area contributed by atoms with Gasteiger partial charge >= 0.3 is 0 Å². The predicted octanol–water partition coefficient (Wildman–Crippen LogP) is 2.95. The van der Waals surface area contributed by atoms with Crippen LogP contribution in [0.4, 0.5) is 0 Å². The number of likely N-dealkylation sites (N-methyl/N-ethyl adjacent to an activating group) is 1. The Bertz CT molecular complexity index is 767. The third kappa shape index (κ3) is 7.35. The fourth-order valence-corrected chi connectivity index (χ4v) is 3.57. The summed E-state index contributed by atoms with van der Waals surface area (Å²) >= 11 is 0. The Morgan fingerprint density at radius 1 is 1.07 bits per heavy atom. The van der Waals surface area contributed by atoms with Crippen molar-refractivity contribution < 1.29 is 19.4 Å². The van der Waals surface area contributed by atoms with Crippen molar-refractivity contribution in [3.63, 3.8) is 0 Å². The molecule has 0 aromatic heterocycles. The third-order valence-corrected chi connectivity index (χ3v) is 5.10. The molecule has 0 unspecified atom stereocenters. The van der Waals surface area contributed by atoms with Gasteiger partial charge in [-0.1, -0.05) is 30.3 Å². The zero-order valence-corrected chi connectivity index (χ0v) is 17.7. The van der Waals surface area contributed by atoms with Gasteiger partial charge in [0, 0.05) is 32.6 Å². The molecule has 1 aliphatic rings. The zero-order valence-electron chi connectivity index (χ0n) is 17.7. The van der Waals surface area contributed by atoms with Crippen molar-refractivity contribution in [1.29, 1.82) is 0 Å². The maximum atomic E-state index is 11.6. The van der Waals surface area contributed by atoms with Crippen molar-refractivity contribution in [1.82, 2.24) is 9.80 Å². The Morgan fingerprint density at radius 2 is 1.80 bits per heavy atom. The van der Waals surface area contributed by atoms with Gasteiger partial charge < -0.3 is 19.5 Å². The van der Waals surface area contributed by atoms with E-state index in [0.717, 1.165) is 49.5 Å². The Morgan fingerprint density at radius 3 is 2.50 bits per heavy atom. The van der Waals surface area contributed by atoms with E-state index in [1.54, 1.807) is 0 Å². The number of ether oxygens (including phenoxy) is 2. The van der Waals surface area contributed by atoms with Crippen LogP contribution in [0.25, 0.3) is 0 Å². The lowest BCUT2D eigenvalue weighted by Crippen LogP contribution is -2.32. The number of benzene rings is 2. The van der Waals surface area contributed by atoms with Crippen molar-refractivity contribution >= 4 is 5.91 Å². The Hall–Kier alpha value is -2.57. The van der Waals surface area contributed by atoms with Crippen LogP contribution in [-0.4, -0.2) is 66.8 Å². The van der Waals surface area contributed by atoms with Gasteiger partial charge in [-0.3, -0.25) is 9.69 Å². The van der Waals surface area contributed by atoms with Gasteiger partial charge in [0.05, 0.1) is 6.61 Å². The molecule has 1 N–H and O–H groups in total. The van der Waals surface area contributed by atoms with Gasteiger partial charge in [-0.05, 0) is 49.7 Å². The molecule has 1 atom stereocenters. The molecule has 1 amide bonds. The van der Waals surface area contributed by atoms with Crippen LogP contribution in [-0.2, 0) is 11.3 Å². The van der Waals surface area contributed by atoms with Gasteiger partial charge in [-0.15, -0.1) is 0 Å². The predicted molar refractivity (Wildman–Crippen MR) is 117 cm³/mol. The van der Waals surface area contributed by atoms with E-state index in [2.05, 4.69) is 4.90 Å². The van der Waals surface area contributed by atoms with E-state index in [0.29, 0.717) is 19.6 Å². The molecule has 1 fully saturated rings. The Balaban J connectivity index is 1.32. The van der Waals surface area contributed by atoms with Crippen molar-refractivity contribution in [3.05, 3.63) is 60.2 Å². The van der Waals surface area contributed by atoms with Gasteiger partial charge in [0.1, 0.15) is 24.2 Å². The normalized spacial score (nSPS) is 14.9. The van der Waals surface area contributed by atoms with Crippen LogP contribution in [0, 0.1) is 0 Å². The summed E-state index contributed by atoms with van der Waals surface area (Å²) in [5.41, 5.74) is 1.16. The lowest BCUT2D eigenvalue weighted by molar-refractivity contribution is -0.127. The second-order valence-electron chi connectivity index (χ2n) is 7.80. The van der Waals surface area contributed by atoms with E-state index >= 15 is 0 Å². The molecule has 1 saturated heterocycles. The van der Waals surface area contributed by atoms with Crippen LogP contribution in [0.15, 0.2) is 54.6 Å². The van der Waals surface area contributed by atoms with Gasteiger partial charge in [0.15, 0.2) is 0 Å². The fourth-order valence-electron chi connectivity index (χ4n) is 3.57.